The van der Waals surface area contributed by atoms with Gasteiger partial charge in [-0.1, -0.05) is 26.0 Å². The van der Waals surface area contributed by atoms with Crippen LogP contribution in [0.15, 0.2) is 58.9 Å². The first-order valence-electron chi connectivity index (χ1n) is 14.2. The second-order valence-electron chi connectivity index (χ2n) is 11.7. The summed E-state index contributed by atoms with van der Waals surface area (Å²) in [6.45, 7) is 5.29. The number of carbonyl (C=O) groups is 2. The van der Waals surface area contributed by atoms with Crippen molar-refractivity contribution in [2.45, 2.75) is 45.3 Å². The molecule has 0 bridgehead atoms. The summed E-state index contributed by atoms with van der Waals surface area (Å²) in [5.74, 6) is -2.78. The van der Waals surface area contributed by atoms with Crippen LogP contribution in [0, 0.1) is 5.41 Å². The molecule has 12 heteroatoms. The Balaban J connectivity index is 1.78. The molecule has 1 unspecified atom stereocenters. The molecule has 0 aromatic heterocycles. The van der Waals surface area contributed by atoms with Gasteiger partial charge in [0.05, 0.1) is 36.8 Å². The number of aliphatic carboxylic acids is 2. The normalized spacial score (nSPS) is 17.9. The molecule has 0 amide bonds. The van der Waals surface area contributed by atoms with E-state index in [1.807, 2.05) is 12.1 Å². The molecule has 9 nitrogen and oxygen atoms in total. The van der Waals surface area contributed by atoms with Crippen LogP contribution in [-0.4, -0.2) is 72.9 Å². The molecular formula is C32H38F3N3O6. The molecule has 0 saturated heterocycles. The van der Waals surface area contributed by atoms with Gasteiger partial charge in [0.2, 0.25) is 0 Å². The van der Waals surface area contributed by atoms with Crippen LogP contribution in [0.3, 0.4) is 0 Å². The second kappa shape index (κ2) is 12.5. The molecule has 4 N–H and O–H groups in total. The Hall–Kier alpha value is -4.03. The summed E-state index contributed by atoms with van der Waals surface area (Å²) in [5.41, 5.74) is 6.87. The molecule has 0 fully saturated rings. The van der Waals surface area contributed by atoms with Crippen molar-refractivity contribution in [3.63, 3.8) is 0 Å². The number of carboxylic acid groups (broad SMARTS) is 2. The highest BCUT2D eigenvalue weighted by Gasteiger charge is 2.45. The Kier molecular flexibility index (Phi) is 9.36. The number of methoxy groups -OCH3 is 2. The van der Waals surface area contributed by atoms with Gasteiger partial charge in [-0.2, -0.15) is 13.2 Å². The van der Waals surface area contributed by atoms with Crippen molar-refractivity contribution in [1.29, 1.82) is 0 Å². The standard InChI is InChI=1S/C32H38F3N3O6/c1-31(2,17-36)28-27(30(41)42)25(18-6-8-21(9-7-18)32(33,34)35)26(29(39)40)22(37(28)3)11-13-38-12-10-19-14-23(43-4)24(44-5)15-20(19)16-38/h6-9,14-15,25H,10-13,16-17,36H2,1-5H3,(H,39,40)(H,41,42). The summed E-state index contributed by atoms with van der Waals surface area (Å²) in [4.78, 5) is 29.5. The summed E-state index contributed by atoms with van der Waals surface area (Å²) < 4.78 is 51.0. The fourth-order valence-electron chi connectivity index (χ4n) is 6.23. The van der Waals surface area contributed by atoms with Gasteiger partial charge in [0.1, 0.15) is 0 Å². The van der Waals surface area contributed by atoms with E-state index in [9.17, 15) is 33.0 Å². The van der Waals surface area contributed by atoms with E-state index in [1.54, 1.807) is 40.0 Å². The van der Waals surface area contributed by atoms with Crippen LogP contribution in [0.4, 0.5) is 13.2 Å². The minimum absolute atomic E-state index is 0.0487. The van der Waals surface area contributed by atoms with E-state index in [-0.39, 0.29) is 29.7 Å². The highest BCUT2D eigenvalue weighted by molar-refractivity contribution is 5.98. The SMILES string of the molecule is COc1cc2c(cc1OC)CN(CCC1=C(C(=O)O)C(c3ccc(C(F)(F)F)cc3)C(C(=O)O)=C(C(C)(C)CN)N1C)CC2. The number of nitrogens with zero attached hydrogens (tertiary/aromatic N) is 2. The lowest BCUT2D eigenvalue weighted by atomic mass is 9.73. The van der Waals surface area contributed by atoms with Gasteiger partial charge >= 0.3 is 18.1 Å². The molecule has 1 atom stereocenters. The molecule has 2 aromatic rings. The summed E-state index contributed by atoms with van der Waals surface area (Å²) in [5, 5.41) is 21.0. The summed E-state index contributed by atoms with van der Waals surface area (Å²) in [6, 6.07) is 7.87. The zero-order valence-corrected chi connectivity index (χ0v) is 25.4. The van der Waals surface area contributed by atoms with Crippen LogP contribution in [0.5, 0.6) is 11.5 Å². The van der Waals surface area contributed by atoms with E-state index < -0.39 is 35.0 Å². The first kappa shape index (κ1) is 32.9. The Morgan fingerprint density at radius 1 is 0.977 bits per heavy atom. The Bertz CT molecular complexity index is 1500. The maximum absolute atomic E-state index is 13.4. The summed E-state index contributed by atoms with van der Waals surface area (Å²) in [7, 11) is 4.77. The minimum Gasteiger partial charge on any atom is -0.493 e. The minimum atomic E-state index is -4.61. The van der Waals surface area contributed by atoms with Crippen molar-refractivity contribution in [2.75, 3.05) is 40.9 Å². The third-order valence-electron chi connectivity index (χ3n) is 8.53. The van der Waals surface area contributed by atoms with Crippen LogP contribution >= 0.6 is 0 Å². The highest BCUT2D eigenvalue weighted by atomic mass is 19.4. The fourth-order valence-corrected chi connectivity index (χ4v) is 6.23. The first-order chi connectivity index (χ1) is 20.6. The zero-order chi connectivity index (χ0) is 32.6. The maximum Gasteiger partial charge on any atom is 0.416 e. The number of alkyl halides is 3. The van der Waals surface area contributed by atoms with Gasteiger partial charge in [0, 0.05) is 56.5 Å². The average molecular weight is 618 g/mol. The van der Waals surface area contributed by atoms with E-state index in [1.165, 1.54) is 0 Å². The van der Waals surface area contributed by atoms with Gasteiger partial charge in [-0.3, -0.25) is 4.90 Å². The maximum atomic E-state index is 13.4. The molecule has 0 saturated carbocycles. The van der Waals surface area contributed by atoms with Crippen LogP contribution in [-0.2, 0) is 28.7 Å². The van der Waals surface area contributed by atoms with Crippen molar-refractivity contribution in [3.8, 4) is 11.5 Å². The van der Waals surface area contributed by atoms with E-state index in [0.29, 0.717) is 42.5 Å². The van der Waals surface area contributed by atoms with E-state index in [2.05, 4.69) is 4.90 Å². The Labute approximate surface area is 254 Å². The number of fused-ring (bicyclic) bond motifs is 1. The quantitative estimate of drug-likeness (QED) is 0.343. The fraction of sp³-hybridized carbons (Fsp3) is 0.438. The van der Waals surface area contributed by atoms with Crippen molar-refractivity contribution in [2.24, 2.45) is 11.1 Å². The lowest BCUT2D eigenvalue weighted by molar-refractivity contribution is -0.138. The second-order valence-corrected chi connectivity index (χ2v) is 11.7. The van der Waals surface area contributed by atoms with Gasteiger partial charge in [0.25, 0.3) is 0 Å². The molecule has 2 aliphatic rings. The number of nitrogens with two attached hydrogens (primary N) is 1. The molecule has 2 aromatic carbocycles. The molecule has 0 aliphatic carbocycles. The monoisotopic (exact) mass is 617 g/mol. The number of halogens is 3. The van der Waals surface area contributed by atoms with Crippen LogP contribution < -0.4 is 15.2 Å². The van der Waals surface area contributed by atoms with Crippen molar-refractivity contribution < 1.29 is 42.4 Å². The smallest absolute Gasteiger partial charge is 0.416 e. The predicted octanol–water partition coefficient (Wildman–Crippen LogP) is 4.86. The number of ether oxygens (including phenoxy) is 2. The molecule has 0 radical (unpaired) electrons. The number of benzene rings is 2. The molecule has 2 aliphatic heterocycles. The Morgan fingerprint density at radius 3 is 2.05 bits per heavy atom. The van der Waals surface area contributed by atoms with Crippen LogP contribution in [0.25, 0.3) is 0 Å². The highest BCUT2D eigenvalue weighted by Crippen LogP contribution is 2.48. The molecule has 0 spiro atoms. The molecule has 238 valence electrons. The Morgan fingerprint density at radius 2 is 1.55 bits per heavy atom. The lowest BCUT2D eigenvalue weighted by Crippen LogP contribution is -2.43. The molecule has 44 heavy (non-hydrogen) atoms. The number of hydrogen-bond acceptors (Lipinski definition) is 7. The van der Waals surface area contributed by atoms with Gasteiger partial charge in [-0.25, -0.2) is 9.59 Å². The lowest BCUT2D eigenvalue weighted by Gasteiger charge is -2.43. The first-order valence-corrected chi connectivity index (χ1v) is 14.2. The number of hydrogen-bond donors (Lipinski definition) is 3. The van der Waals surface area contributed by atoms with E-state index in [4.69, 9.17) is 15.2 Å². The van der Waals surface area contributed by atoms with E-state index in [0.717, 1.165) is 41.8 Å². The van der Waals surface area contributed by atoms with Crippen molar-refractivity contribution >= 4 is 11.9 Å². The molecule has 2 heterocycles. The summed E-state index contributed by atoms with van der Waals surface area (Å²) >= 11 is 0. The zero-order valence-electron chi connectivity index (χ0n) is 25.4. The summed E-state index contributed by atoms with van der Waals surface area (Å²) in [6.07, 6.45) is -3.63. The van der Waals surface area contributed by atoms with Gasteiger partial charge in [0.15, 0.2) is 11.5 Å². The molecule has 4 rings (SSSR count). The van der Waals surface area contributed by atoms with Crippen molar-refractivity contribution in [1.82, 2.24) is 9.80 Å². The van der Waals surface area contributed by atoms with Crippen LogP contribution in [0.2, 0.25) is 0 Å². The van der Waals surface area contributed by atoms with Gasteiger partial charge in [-0.15, -0.1) is 0 Å². The van der Waals surface area contributed by atoms with Gasteiger partial charge < -0.3 is 30.3 Å². The third kappa shape index (κ3) is 6.27. The third-order valence-corrected chi connectivity index (χ3v) is 8.53. The number of carboxylic acids is 2. The van der Waals surface area contributed by atoms with Crippen molar-refractivity contribution in [3.05, 3.63) is 81.2 Å². The molecular weight excluding hydrogens is 579 g/mol. The predicted molar refractivity (Wildman–Crippen MR) is 157 cm³/mol. The van der Waals surface area contributed by atoms with Crippen LogP contribution in [0.1, 0.15) is 48.4 Å². The van der Waals surface area contributed by atoms with E-state index >= 15 is 0 Å². The van der Waals surface area contributed by atoms with Gasteiger partial charge in [-0.05, 0) is 47.4 Å². The number of rotatable bonds is 10. The topological polar surface area (TPSA) is 126 Å². The average Bonchev–Trinajstić information content (AvgIpc) is 2.98. The largest absolute Gasteiger partial charge is 0.493 e.